The summed E-state index contributed by atoms with van der Waals surface area (Å²) in [5.41, 5.74) is 0. The zero-order valence-corrected chi connectivity index (χ0v) is 9.80. The van der Waals surface area contributed by atoms with Gasteiger partial charge in [-0.05, 0) is 13.3 Å². The van der Waals surface area contributed by atoms with E-state index in [9.17, 15) is 18.3 Å². The average molecular weight is 253 g/mol. The van der Waals surface area contributed by atoms with Gasteiger partial charge in [-0.25, -0.2) is 0 Å². The van der Waals surface area contributed by atoms with Crippen molar-refractivity contribution in [2.24, 2.45) is 4.99 Å². The standard InChI is InChI=1S/C10H18F3N3O/c1-2-14-9(15-5-4-10(11,12)13)16-6-3-8(17)7-16/h8,17H,2-7H2,1H3,(H,14,15)/t8-/m1/s1. The van der Waals surface area contributed by atoms with Crippen LogP contribution in [0.5, 0.6) is 0 Å². The summed E-state index contributed by atoms with van der Waals surface area (Å²) in [7, 11) is 0. The molecule has 1 aliphatic rings. The van der Waals surface area contributed by atoms with Crippen molar-refractivity contribution in [2.75, 3.05) is 26.2 Å². The Morgan fingerprint density at radius 1 is 1.53 bits per heavy atom. The first-order valence-electron chi connectivity index (χ1n) is 5.70. The van der Waals surface area contributed by atoms with Crippen molar-refractivity contribution in [1.82, 2.24) is 10.2 Å². The highest BCUT2D eigenvalue weighted by molar-refractivity contribution is 5.80. The van der Waals surface area contributed by atoms with Gasteiger partial charge in [0.1, 0.15) is 0 Å². The number of nitrogens with zero attached hydrogens (tertiary/aromatic N) is 2. The molecule has 0 amide bonds. The minimum absolute atomic E-state index is 0.279. The first kappa shape index (κ1) is 14.1. The quantitative estimate of drug-likeness (QED) is 0.582. The van der Waals surface area contributed by atoms with E-state index in [1.807, 2.05) is 6.92 Å². The van der Waals surface area contributed by atoms with Crippen molar-refractivity contribution in [3.63, 3.8) is 0 Å². The summed E-state index contributed by atoms with van der Waals surface area (Å²) in [6, 6.07) is 0. The molecule has 0 aromatic rings. The van der Waals surface area contributed by atoms with Gasteiger partial charge in [0.15, 0.2) is 5.96 Å². The second-order valence-corrected chi connectivity index (χ2v) is 3.99. The summed E-state index contributed by atoms with van der Waals surface area (Å²) in [4.78, 5) is 5.70. The van der Waals surface area contributed by atoms with Gasteiger partial charge in [0, 0.05) is 19.6 Å². The van der Waals surface area contributed by atoms with Crippen LogP contribution in [0.3, 0.4) is 0 Å². The highest BCUT2D eigenvalue weighted by Crippen LogP contribution is 2.19. The summed E-state index contributed by atoms with van der Waals surface area (Å²) in [5.74, 6) is 0.452. The number of rotatable bonds is 3. The molecule has 4 nitrogen and oxygen atoms in total. The minimum Gasteiger partial charge on any atom is -0.391 e. The van der Waals surface area contributed by atoms with E-state index >= 15 is 0 Å². The van der Waals surface area contributed by atoms with Crippen LogP contribution in [0.4, 0.5) is 13.2 Å². The molecule has 0 spiro atoms. The van der Waals surface area contributed by atoms with Gasteiger partial charge >= 0.3 is 6.18 Å². The monoisotopic (exact) mass is 253 g/mol. The summed E-state index contributed by atoms with van der Waals surface area (Å²) in [6.07, 6.45) is -4.88. The molecule has 1 rings (SSSR count). The number of halogens is 3. The Kier molecular flexibility index (Phi) is 5.04. The molecule has 0 saturated carbocycles. The van der Waals surface area contributed by atoms with E-state index in [0.717, 1.165) is 0 Å². The van der Waals surface area contributed by atoms with E-state index < -0.39 is 18.7 Å². The third kappa shape index (κ3) is 5.25. The fourth-order valence-corrected chi connectivity index (χ4v) is 1.65. The number of aliphatic imine (C=N–C) groups is 1. The van der Waals surface area contributed by atoms with Gasteiger partial charge in [0.05, 0.1) is 19.1 Å². The number of hydrogen-bond acceptors (Lipinski definition) is 2. The Balaban J connectivity index is 2.50. The van der Waals surface area contributed by atoms with E-state index in [2.05, 4.69) is 10.3 Å². The highest BCUT2D eigenvalue weighted by Gasteiger charge is 2.27. The van der Waals surface area contributed by atoms with E-state index in [1.54, 1.807) is 4.90 Å². The lowest BCUT2D eigenvalue weighted by Gasteiger charge is -2.21. The van der Waals surface area contributed by atoms with Crippen molar-refractivity contribution in [2.45, 2.75) is 32.0 Å². The van der Waals surface area contributed by atoms with Gasteiger partial charge in [-0.1, -0.05) is 0 Å². The molecule has 7 heteroatoms. The molecule has 100 valence electrons. The molecule has 0 unspecified atom stereocenters. The summed E-state index contributed by atoms with van der Waals surface area (Å²) >= 11 is 0. The summed E-state index contributed by atoms with van der Waals surface area (Å²) in [5, 5.41) is 12.3. The summed E-state index contributed by atoms with van der Waals surface area (Å²) in [6.45, 7) is 3.22. The number of hydrogen-bond donors (Lipinski definition) is 2. The maximum absolute atomic E-state index is 12.0. The van der Waals surface area contributed by atoms with Crippen LogP contribution in [0.25, 0.3) is 0 Å². The largest absolute Gasteiger partial charge is 0.391 e. The molecule has 0 aromatic heterocycles. The van der Waals surface area contributed by atoms with Crippen molar-refractivity contribution in [1.29, 1.82) is 0 Å². The third-order valence-corrected chi connectivity index (χ3v) is 2.45. The van der Waals surface area contributed by atoms with E-state index in [-0.39, 0.29) is 6.54 Å². The van der Waals surface area contributed by atoms with Gasteiger partial charge < -0.3 is 15.3 Å². The Hall–Kier alpha value is -0.980. The van der Waals surface area contributed by atoms with Crippen molar-refractivity contribution in [3.8, 4) is 0 Å². The zero-order chi connectivity index (χ0) is 12.9. The maximum atomic E-state index is 12.0. The number of aliphatic hydroxyl groups is 1. The van der Waals surface area contributed by atoms with Crippen LogP contribution < -0.4 is 5.32 Å². The molecule has 1 heterocycles. The van der Waals surface area contributed by atoms with Crippen LogP contribution >= 0.6 is 0 Å². The second kappa shape index (κ2) is 6.09. The lowest BCUT2D eigenvalue weighted by molar-refractivity contribution is -0.132. The molecular formula is C10H18F3N3O. The predicted octanol–water partition coefficient (Wildman–Crippen LogP) is 0.971. The maximum Gasteiger partial charge on any atom is 0.390 e. The van der Waals surface area contributed by atoms with Crippen LogP contribution in [0.15, 0.2) is 4.99 Å². The molecule has 17 heavy (non-hydrogen) atoms. The van der Waals surface area contributed by atoms with Crippen LogP contribution in [-0.4, -0.2) is 54.4 Å². The molecule has 0 aromatic carbocycles. The van der Waals surface area contributed by atoms with Crippen LogP contribution in [0.1, 0.15) is 19.8 Å². The second-order valence-electron chi connectivity index (χ2n) is 3.99. The van der Waals surface area contributed by atoms with Crippen LogP contribution in [-0.2, 0) is 0 Å². The number of aliphatic hydroxyl groups excluding tert-OH is 1. The van der Waals surface area contributed by atoms with Crippen molar-refractivity contribution >= 4 is 5.96 Å². The molecule has 2 N–H and O–H groups in total. The number of likely N-dealkylation sites (tertiary alicyclic amines) is 1. The van der Waals surface area contributed by atoms with Crippen LogP contribution in [0.2, 0.25) is 0 Å². The predicted molar refractivity (Wildman–Crippen MR) is 58.8 cm³/mol. The van der Waals surface area contributed by atoms with Crippen molar-refractivity contribution < 1.29 is 18.3 Å². The van der Waals surface area contributed by atoms with Gasteiger partial charge in [-0.3, -0.25) is 4.99 Å². The SMILES string of the molecule is CCNC(=NCCC(F)(F)F)N1CC[C@@H](O)C1. The van der Waals surface area contributed by atoms with Crippen LogP contribution in [0, 0.1) is 0 Å². The van der Waals surface area contributed by atoms with Gasteiger partial charge in [0.2, 0.25) is 0 Å². The Labute approximate surface area is 98.5 Å². The first-order chi connectivity index (χ1) is 7.92. The highest BCUT2D eigenvalue weighted by atomic mass is 19.4. The number of nitrogens with one attached hydrogen (secondary N) is 1. The molecule has 0 radical (unpaired) electrons. The smallest absolute Gasteiger partial charge is 0.390 e. The fraction of sp³-hybridized carbons (Fsp3) is 0.900. The molecule has 1 fully saturated rings. The lowest BCUT2D eigenvalue weighted by atomic mass is 10.3. The zero-order valence-electron chi connectivity index (χ0n) is 9.80. The van der Waals surface area contributed by atoms with Crippen molar-refractivity contribution in [3.05, 3.63) is 0 Å². The van der Waals surface area contributed by atoms with Gasteiger partial charge in [-0.2, -0.15) is 13.2 Å². The van der Waals surface area contributed by atoms with E-state index in [0.29, 0.717) is 32.0 Å². The number of β-amino-alcohol motifs (C(OH)–C–C–N with tert-alkyl or cyclic N) is 1. The molecular weight excluding hydrogens is 235 g/mol. The van der Waals surface area contributed by atoms with Gasteiger partial charge in [0.25, 0.3) is 0 Å². The Bertz CT molecular complexity index is 268. The molecule has 1 aliphatic heterocycles. The lowest BCUT2D eigenvalue weighted by Crippen LogP contribution is -2.40. The minimum atomic E-state index is -4.18. The first-order valence-corrected chi connectivity index (χ1v) is 5.70. The van der Waals surface area contributed by atoms with E-state index in [4.69, 9.17) is 0 Å². The molecule has 1 atom stereocenters. The summed E-state index contributed by atoms with van der Waals surface area (Å²) < 4.78 is 36.0. The Morgan fingerprint density at radius 3 is 2.71 bits per heavy atom. The third-order valence-electron chi connectivity index (χ3n) is 2.45. The fourth-order valence-electron chi connectivity index (χ4n) is 1.65. The van der Waals surface area contributed by atoms with Gasteiger partial charge in [-0.15, -0.1) is 0 Å². The molecule has 0 aliphatic carbocycles. The number of guanidine groups is 1. The van der Waals surface area contributed by atoms with E-state index in [1.165, 1.54) is 0 Å². The molecule has 1 saturated heterocycles. The topological polar surface area (TPSA) is 47.9 Å². The Morgan fingerprint density at radius 2 is 2.24 bits per heavy atom. The molecule has 0 bridgehead atoms. The number of alkyl halides is 3. The normalized spacial score (nSPS) is 22.1. The average Bonchev–Trinajstić information content (AvgIpc) is 2.62.